The van der Waals surface area contributed by atoms with Gasteiger partial charge in [0.1, 0.15) is 0 Å². The fourth-order valence-electron chi connectivity index (χ4n) is 5.65. The lowest BCUT2D eigenvalue weighted by molar-refractivity contribution is -0.136. The minimum atomic E-state index is 0.0493. The fraction of sp³-hybridized carbons (Fsp3) is 0.720. The molecule has 0 aromatic carbocycles. The Kier molecular flexibility index (Phi) is 7.03. The van der Waals surface area contributed by atoms with Crippen LogP contribution in [-0.4, -0.2) is 56.0 Å². The topological polar surface area (TPSA) is 73.7 Å². The summed E-state index contributed by atoms with van der Waals surface area (Å²) >= 11 is 0. The van der Waals surface area contributed by atoms with Gasteiger partial charge in [0.25, 0.3) is 5.56 Å². The van der Waals surface area contributed by atoms with E-state index in [-0.39, 0.29) is 11.5 Å². The summed E-state index contributed by atoms with van der Waals surface area (Å²) in [5, 5.41) is 3.36. The van der Waals surface area contributed by atoms with Crippen molar-refractivity contribution >= 4 is 11.6 Å². The maximum atomic E-state index is 13.3. The summed E-state index contributed by atoms with van der Waals surface area (Å²) in [7, 11) is 0. The minimum Gasteiger partial charge on any atom is -0.342 e. The Labute approximate surface area is 191 Å². The smallest absolute Gasteiger partial charge is 0.277 e. The molecule has 2 aromatic rings. The number of rotatable bonds is 7. The second kappa shape index (κ2) is 9.77. The van der Waals surface area contributed by atoms with E-state index in [1.165, 1.54) is 0 Å². The van der Waals surface area contributed by atoms with Gasteiger partial charge in [0, 0.05) is 62.2 Å². The SMILES string of the molecule is CCC(CC)C(=O)N1CCC(c2cc3nc4c(c(=O)n3[nH]2)CN(C(CC)CC)CC4)CC1. The van der Waals surface area contributed by atoms with Gasteiger partial charge in [0.2, 0.25) is 5.91 Å². The van der Waals surface area contributed by atoms with Crippen molar-refractivity contribution in [1.29, 1.82) is 0 Å². The van der Waals surface area contributed by atoms with Crippen LogP contribution in [0.3, 0.4) is 0 Å². The summed E-state index contributed by atoms with van der Waals surface area (Å²) in [6.07, 6.45) is 6.72. The van der Waals surface area contributed by atoms with Crippen molar-refractivity contribution in [3.05, 3.63) is 33.4 Å². The van der Waals surface area contributed by atoms with Crippen LogP contribution in [0.15, 0.2) is 10.9 Å². The van der Waals surface area contributed by atoms with Crippen LogP contribution < -0.4 is 5.56 Å². The molecule has 1 fully saturated rings. The Morgan fingerprint density at radius 3 is 2.41 bits per heavy atom. The second-order valence-corrected chi connectivity index (χ2v) is 9.55. The molecular formula is C25H39N5O2. The van der Waals surface area contributed by atoms with Gasteiger partial charge in [-0.05, 0) is 38.5 Å². The van der Waals surface area contributed by atoms with Crippen LogP contribution in [0.5, 0.6) is 0 Å². The highest BCUT2D eigenvalue weighted by atomic mass is 16.2. The maximum Gasteiger partial charge on any atom is 0.277 e. The summed E-state index contributed by atoms with van der Waals surface area (Å²) < 4.78 is 1.65. The lowest BCUT2D eigenvalue weighted by Crippen LogP contribution is -2.42. The molecule has 2 aliphatic heterocycles. The van der Waals surface area contributed by atoms with Gasteiger partial charge in [-0.15, -0.1) is 0 Å². The molecular weight excluding hydrogens is 402 g/mol. The zero-order valence-corrected chi connectivity index (χ0v) is 20.2. The molecule has 2 aromatic heterocycles. The van der Waals surface area contributed by atoms with E-state index in [2.05, 4.69) is 43.8 Å². The van der Waals surface area contributed by atoms with Crippen molar-refractivity contribution in [3.8, 4) is 0 Å². The molecule has 7 nitrogen and oxygen atoms in total. The first kappa shape index (κ1) is 23.0. The molecule has 0 bridgehead atoms. The highest BCUT2D eigenvalue weighted by Crippen LogP contribution is 2.29. The van der Waals surface area contributed by atoms with Crippen LogP contribution in [0.1, 0.15) is 89.1 Å². The van der Waals surface area contributed by atoms with Crippen LogP contribution in [0.25, 0.3) is 5.65 Å². The number of carbonyl (C=O) groups excluding carboxylic acids is 1. The first-order valence-corrected chi connectivity index (χ1v) is 12.7. The molecule has 1 saturated heterocycles. The van der Waals surface area contributed by atoms with Gasteiger partial charge >= 0.3 is 0 Å². The Balaban J connectivity index is 1.51. The monoisotopic (exact) mass is 441 g/mol. The van der Waals surface area contributed by atoms with Crippen molar-refractivity contribution in [2.75, 3.05) is 19.6 Å². The van der Waals surface area contributed by atoms with E-state index in [1.807, 2.05) is 4.90 Å². The Bertz CT molecular complexity index is 994. The summed E-state index contributed by atoms with van der Waals surface area (Å²) in [6, 6.07) is 2.58. The number of aromatic amines is 1. The number of fused-ring (bicyclic) bond motifs is 2. The predicted octanol–water partition coefficient (Wildman–Crippen LogP) is 3.71. The number of nitrogens with zero attached hydrogens (tertiary/aromatic N) is 4. The van der Waals surface area contributed by atoms with Gasteiger partial charge in [-0.2, -0.15) is 0 Å². The van der Waals surface area contributed by atoms with E-state index in [4.69, 9.17) is 4.98 Å². The second-order valence-electron chi connectivity index (χ2n) is 9.55. The highest BCUT2D eigenvalue weighted by Gasteiger charge is 2.29. The van der Waals surface area contributed by atoms with Crippen LogP contribution in [0, 0.1) is 5.92 Å². The summed E-state index contributed by atoms with van der Waals surface area (Å²) in [4.78, 5) is 35.4. The summed E-state index contributed by atoms with van der Waals surface area (Å²) in [6.45, 7) is 11.9. The molecule has 176 valence electrons. The molecule has 7 heteroatoms. The molecule has 2 aliphatic rings. The van der Waals surface area contributed by atoms with Crippen molar-refractivity contribution in [2.45, 2.75) is 91.1 Å². The zero-order chi connectivity index (χ0) is 22.8. The van der Waals surface area contributed by atoms with Crippen molar-refractivity contribution in [1.82, 2.24) is 24.4 Å². The van der Waals surface area contributed by atoms with Crippen LogP contribution in [-0.2, 0) is 17.8 Å². The lowest BCUT2D eigenvalue weighted by atomic mass is 9.92. The molecule has 4 rings (SSSR count). The van der Waals surface area contributed by atoms with Gasteiger partial charge in [-0.1, -0.05) is 27.7 Å². The van der Waals surface area contributed by atoms with Gasteiger partial charge in [0.15, 0.2) is 5.65 Å². The Morgan fingerprint density at radius 2 is 1.78 bits per heavy atom. The van der Waals surface area contributed by atoms with Crippen molar-refractivity contribution in [2.24, 2.45) is 5.92 Å². The first-order chi connectivity index (χ1) is 15.5. The molecule has 0 atom stereocenters. The van der Waals surface area contributed by atoms with E-state index < -0.39 is 0 Å². The normalized spacial score (nSPS) is 18.1. The molecule has 0 radical (unpaired) electrons. The predicted molar refractivity (Wildman–Crippen MR) is 127 cm³/mol. The average Bonchev–Trinajstić information content (AvgIpc) is 3.25. The van der Waals surface area contributed by atoms with Gasteiger partial charge in [-0.25, -0.2) is 9.50 Å². The number of carbonyl (C=O) groups is 1. The molecule has 0 saturated carbocycles. The quantitative estimate of drug-likeness (QED) is 0.711. The van der Waals surface area contributed by atoms with E-state index in [9.17, 15) is 9.59 Å². The molecule has 0 unspecified atom stereocenters. The third-order valence-electron chi connectivity index (χ3n) is 7.85. The van der Waals surface area contributed by atoms with Crippen molar-refractivity contribution < 1.29 is 4.79 Å². The van der Waals surface area contributed by atoms with E-state index >= 15 is 0 Å². The number of amides is 1. The number of piperidine rings is 1. The van der Waals surface area contributed by atoms with E-state index in [0.717, 1.165) is 87.2 Å². The minimum absolute atomic E-state index is 0.0493. The molecule has 4 heterocycles. The third kappa shape index (κ3) is 4.24. The largest absolute Gasteiger partial charge is 0.342 e. The van der Waals surface area contributed by atoms with Crippen molar-refractivity contribution in [3.63, 3.8) is 0 Å². The molecule has 0 aliphatic carbocycles. The van der Waals surface area contributed by atoms with E-state index in [1.54, 1.807) is 4.52 Å². The number of aromatic nitrogens is 3. The van der Waals surface area contributed by atoms with E-state index in [0.29, 0.717) is 24.4 Å². The average molecular weight is 442 g/mol. The lowest BCUT2D eigenvalue weighted by Gasteiger charge is -2.33. The van der Waals surface area contributed by atoms with Crippen LogP contribution in [0.2, 0.25) is 0 Å². The van der Waals surface area contributed by atoms with Gasteiger partial charge in [-0.3, -0.25) is 19.6 Å². The molecule has 1 N–H and O–H groups in total. The zero-order valence-electron chi connectivity index (χ0n) is 20.2. The van der Waals surface area contributed by atoms with Crippen LogP contribution in [0.4, 0.5) is 0 Å². The first-order valence-electron chi connectivity index (χ1n) is 12.7. The molecule has 32 heavy (non-hydrogen) atoms. The summed E-state index contributed by atoms with van der Waals surface area (Å²) in [5.41, 5.74) is 3.67. The highest BCUT2D eigenvalue weighted by molar-refractivity contribution is 5.78. The fourth-order valence-corrected chi connectivity index (χ4v) is 5.65. The Hall–Kier alpha value is -2.15. The number of hydrogen-bond donors (Lipinski definition) is 1. The number of H-pyrrole nitrogens is 1. The molecule has 1 amide bonds. The van der Waals surface area contributed by atoms with Gasteiger partial charge in [0.05, 0.1) is 11.3 Å². The number of likely N-dealkylation sites (tertiary alicyclic amines) is 1. The standard InChI is InChI=1S/C25H39N5O2/c1-5-17(6-2)24(31)28-12-9-18(10-13-28)22-15-23-26-21-11-14-29(19(7-3)8-4)16-20(21)25(32)30(23)27-22/h15,17-19,27H,5-14,16H2,1-4H3. The maximum absolute atomic E-state index is 13.3. The molecule has 0 spiro atoms. The van der Waals surface area contributed by atoms with Gasteiger partial charge < -0.3 is 4.90 Å². The van der Waals surface area contributed by atoms with Crippen LogP contribution >= 0.6 is 0 Å². The number of nitrogens with one attached hydrogen (secondary N) is 1. The Morgan fingerprint density at radius 1 is 1.09 bits per heavy atom. The third-order valence-corrected chi connectivity index (χ3v) is 7.85. The number of hydrogen-bond acceptors (Lipinski definition) is 4. The summed E-state index contributed by atoms with van der Waals surface area (Å²) in [5.74, 6) is 0.783.